The van der Waals surface area contributed by atoms with E-state index in [2.05, 4.69) is 18.5 Å². The SMILES string of the molecule is C=C(Cl)COc1ccc(C)nc1CC(N)CC. The van der Waals surface area contributed by atoms with Crippen LogP contribution in [0.15, 0.2) is 23.7 Å². The van der Waals surface area contributed by atoms with Crippen molar-refractivity contribution in [3.63, 3.8) is 0 Å². The van der Waals surface area contributed by atoms with E-state index in [1.807, 2.05) is 19.1 Å². The van der Waals surface area contributed by atoms with Gasteiger partial charge in [0.1, 0.15) is 12.4 Å². The molecule has 0 saturated carbocycles. The van der Waals surface area contributed by atoms with E-state index in [0.717, 1.165) is 23.6 Å². The van der Waals surface area contributed by atoms with E-state index in [-0.39, 0.29) is 6.04 Å². The molecule has 0 aliphatic carbocycles. The first-order valence-electron chi connectivity index (χ1n) is 5.71. The number of nitrogens with zero attached hydrogens (tertiary/aromatic N) is 1. The average molecular weight is 255 g/mol. The van der Waals surface area contributed by atoms with Gasteiger partial charge in [-0.1, -0.05) is 25.1 Å². The zero-order valence-corrected chi connectivity index (χ0v) is 11.1. The van der Waals surface area contributed by atoms with Gasteiger partial charge in [-0.3, -0.25) is 4.98 Å². The minimum Gasteiger partial charge on any atom is -0.486 e. The Labute approximate surface area is 108 Å². The third kappa shape index (κ3) is 4.75. The van der Waals surface area contributed by atoms with Crippen molar-refractivity contribution in [1.29, 1.82) is 0 Å². The number of nitrogens with two attached hydrogens (primary N) is 1. The number of halogens is 1. The van der Waals surface area contributed by atoms with Crippen molar-refractivity contribution in [2.45, 2.75) is 32.7 Å². The molecule has 17 heavy (non-hydrogen) atoms. The average Bonchev–Trinajstić information content (AvgIpc) is 2.27. The zero-order chi connectivity index (χ0) is 12.8. The highest BCUT2D eigenvalue weighted by Gasteiger charge is 2.10. The third-order valence-electron chi connectivity index (χ3n) is 2.44. The number of ether oxygens (including phenoxy) is 1. The summed E-state index contributed by atoms with van der Waals surface area (Å²) >= 11 is 5.68. The lowest BCUT2D eigenvalue weighted by Crippen LogP contribution is -2.22. The number of hydrogen-bond acceptors (Lipinski definition) is 3. The van der Waals surface area contributed by atoms with Crippen molar-refractivity contribution < 1.29 is 4.74 Å². The van der Waals surface area contributed by atoms with E-state index < -0.39 is 0 Å². The number of aryl methyl sites for hydroxylation is 1. The highest BCUT2D eigenvalue weighted by atomic mass is 35.5. The minimum absolute atomic E-state index is 0.103. The second kappa shape index (κ2) is 6.62. The Morgan fingerprint density at radius 2 is 2.29 bits per heavy atom. The first kappa shape index (κ1) is 14.0. The van der Waals surface area contributed by atoms with Crippen molar-refractivity contribution in [3.05, 3.63) is 35.1 Å². The molecule has 2 N–H and O–H groups in total. The van der Waals surface area contributed by atoms with E-state index in [9.17, 15) is 0 Å². The fraction of sp³-hybridized carbons (Fsp3) is 0.462. The van der Waals surface area contributed by atoms with Crippen LogP contribution in [-0.2, 0) is 6.42 Å². The lowest BCUT2D eigenvalue weighted by Gasteiger charge is -2.13. The minimum atomic E-state index is 0.103. The molecule has 0 saturated heterocycles. The van der Waals surface area contributed by atoms with Crippen LogP contribution >= 0.6 is 11.6 Å². The molecular weight excluding hydrogens is 236 g/mol. The van der Waals surface area contributed by atoms with Gasteiger partial charge in [0, 0.05) is 23.2 Å². The van der Waals surface area contributed by atoms with Gasteiger partial charge in [0.25, 0.3) is 0 Å². The Morgan fingerprint density at radius 1 is 1.59 bits per heavy atom. The van der Waals surface area contributed by atoms with E-state index in [1.54, 1.807) is 0 Å². The molecule has 0 fully saturated rings. The van der Waals surface area contributed by atoms with Gasteiger partial charge < -0.3 is 10.5 Å². The summed E-state index contributed by atoms with van der Waals surface area (Å²) in [5.74, 6) is 0.737. The van der Waals surface area contributed by atoms with E-state index >= 15 is 0 Å². The fourth-order valence-electron chi connectivity index (χ4n) is 1.42. The predicted octanol–water partition coefficient (Wildman–Crippen LogP) is 2.80. The smallest absolute Gasteiger partial charge is 0.141 e. The molecule has 0 amide bonds. The predicted molar refractivity (Wildman–Crippen MR) is 71.4 cm³/mol. The Hall–Kier alpha value is -1.06. The highest BCUT2D eigenvalue weighted by molar-refractivity contribution is 6.29. The molecular formula is C13H19ClN2O. The monoisotopic (exact) mass is 254 g/mol. The van der Waals surface area contributed by atoms with Crippen LogP contribution in [0.25, 0.3) is 0 Å². The Kier molecular flexibility index (Phi) is 5.45. The number of aromatic nitrogens is 1. The summed E-state index contributed by atoms with van der Waals surface area (Å²) in [6.07, 6.45) is 1.62. The molecule has 94 valence electrons. The number of pyridine rings is 1. The van der Waals surface area contributed by atoms with Crippen LogP contribution in [0, 0.1) is 6.92 Å². The summed E-state index contributed by atoms with van der Waals surface area (Å²) in [5.41, 5.74) is 7.79. The molecule has 1 heterocycles. The molecule has 3 nitrogen and oxygen atoms in total. The molecule has 1 aromatic rings. The van der Waals surface area contributed by atoms with Crippen molar-refractivity contribution in [1.82, 2.24) is 4.98 Å². The fourth-order valence-corrected chi connectivity index (χ4v) is 1.48. The molecule has 1 rings (SSSR count). The maximum Gasteiger partial charge on any atom is 0.141 e. The zero-order valence-electron chi connectivity index (χ0n) is 10.4. The van der Waals surface area contributed by atoms with E-state index in [4.69, 9.17) is 22.1 Å². The topological polar surface area (TPSA) is 48.1 Å². The maximum absolute atomic E-state index is 5.94. The highest BCUT2D eigenvalue weighted by Crippen LogP contribution is 2.19. The summed E-state index contributed by atoms with van der Waals surface area (Å²) in [4.78, 5) is 4.46. The van der Waals surface area contributed by atoms with Crippen molar-refractivity contribution >= 4 is 11.6 Å². The lowest BCUT2D eigenvalue weighted by molar-refractivity contribution is 0.351. The van der Waals surface area contributed by atoms with Crippen LogP contribution in [0.2, 0.25) is 0 Å². The van der Waals surface area contributed by atoms with Crippen LogP contribution in [0.5, 0.6) is 5.75 Å². The van der Waals surface area contributed by atoms with Crippen LogP contribution in [0.4, 0.5) is 0 Å². The van der Waals surface area contributed by atoms with Gasteiger partial charge in [-0.2, -0.15) is 0 Å². The van der Waals surface area contributed by atoms with Gasteiger partial charge in [0.15, 0.2) is 0 Å². The van der Waals surface area contributed by atoms with Gasteiger partial charge >= 0.3 is 0 Å². The second-order valence-corrected chi connectivity index (χ2v) is 4.61. The molecule has 1 atom stereocenters. The van der Waals surface area contributed by atoms with Crippen molar-refractivity contribution in [2.24, 2.45) is 5.73 Å². The first-order chi connectivity index (χ1) is 8.02. The summed E-state index contributed by atoms with van der Waals surface area (Å²) < 4.78 is 5.55. The normalized spacial score (nSPS) is 12.2. The Balaban J connectivity index is 2.83. The quantitative estimate of drug-likeness (QED) is 0.849. The van der Waals surface area contributed by atoms with Gasteiger partial charge in [-0.25, -0.2) is 0 Å². The Morgan fingerprint density at radius 3 is 2.88 bits per heavy atom. The second-order valence-electron chi connectivity index (χ2n) is 4.08. The van der Waals surface area contributed by atoms with E-state index in [0.29, 0.717) is 18.1 Å². The maximum atomic E-state index is 5.94. The largest absolute Gasteiger partial charge is 0.486 e. The number of rotatable bonds is 6. The standard InChI is InChI=1S/C13H19ClN2O/c1-4-11(15)7-12-13(17-8-9(2)14)6-5-10(3)16-12/h5-6,11H,2,4,7-8,15H2,1,3H3. The van der Waals surface area contributed by atoms with Gasteiger partial charge in [-0.05, 0) is 25.5 Å². The van der Waals surface area contributed by atoms with Crippen molar-refractivity contribution in [2.75, 3.05) is 6.61 Å². The molecule has 0 aromatic carbocycles. The Bertz CT molecular complexity index is 393. The van der Waals surface area contributed by atoms with Crippen LogP contribution < -0.4 is 10.5 Å². The molecule has 0 spiro atoms. The third-order valence-corrected chi connectivity index (χ3v) is 2.54. The molecule has 1 unspecified atom stereocenters. The van der Waals surface area contributed by atoms with Gasteiger partial charge in [-0.15, -0.1) is 0 Å². The molecule has 0 aliphatic rings. The van der Waals surface area contributed by atoms with Crippen LogP contribution in [0.3, 0.4) is 0 Å². The molecule has 0 aliphatic heterocycles. The molecule has 0 radical (unpaired) electrons. The van der Waals surface area contributed by atoms with E-state index in [1.165, 1.54) is 0 Å². The lowest BCUT2D eigenvalue weighted by atomic mass is 10.1. The summed E-state index contributed by atoms with van der Waals surface area (Å²) in [6.45, 7) is 7.89. The van der Waals surface area contributed by atoms with Crippen molar-refractivity contribution in [3.8, 4) is 5.75 Å². The number of hydrogen-bond donors (Lipinski definition) is 1. The summed E-state index contributed by atoms with van der Waals surface area (Å²) in [7, 11) is 0. The molecule has 0 bridgehead atoms. The van der Waals surface area contributed by atoms with Crippen LogP contribution in [0.1, 0.15) is 24.7 Å². The first-order valence-corrected chi connectivity index (χ1v) is 6.09. The molecule has 4 heteroatoms. The summed E-state index contributed by atoms with van der Waals surface area (Å²) in [6, 6.07) is 3.92. The molecule has 1 aromatic heterocycles. The van der Waals surface area contributed by atoms with Crippen LogP contribution in [-0.4, -0.2) is 17.6 Å². The summed E-state index contributed by atoms with van der Waals surface area (Å²) in [5, 5.41) is 0.469. The van der Waals surface area contributed by atoms with Gasteiger partial charge in [0.05, 0.1) is 5.69 Å². The van der Waals surface area contributed by atoms with Gasteiger partial charge in [0.2, 0.25) is 0 Å².